The van der Waals surface area contributed by atoms with Gasteiger partial charge in [-0.05, 0) is 0 Å². The second-order valence-electron chi connectivity index (χ2n) is 2.72. The Hall–Kier alpha value is -1.09. The van der Waals surface area contributed by atoms with Crippen LogP contribution in [0.4, 0.5) is 0 Å². The summed E-state index contributed by atoms with van der Waals surface area (Å²) in [6.07, 6.45) is 0.860. The first-order valence-corrected chi connectivity index (χ1v) is 5.78. The van der Waals surface area contributed by atoms with Crippen LogP contribution in [0.5, 0.6) is 0 Å². The molecule has 64 valence electrons. The van der Waals surface area contributed by atoms with Crippen LogP contribution < -0.4 is 10.5 Å². The monoisotopic (exact) mass is 179 g/mol. The van der Waals surface area contributed by atoms with Gasteiger partial charge >= 0.3 is 0 Å². The van der Waals surface area contributed by atoms with Crippen molar-refractivity contribution in [3.05, 3.63) is 30.3 Å². The Morgan fingerprint density at radius 2 is 2.08 bits per heavy atom. The molecule has 0 aliphatic carbocycles. The third-order valence-corrected chi connectivity index (χ3v) is 3.18. The minimum Gasteiger partial charge on any atom is -0.360 e. The summed E-state index contributed by atoms with van der Waals surface area (Å²) < 4.78 is 0. The first-order chi connectivity index (χ1) is 5.79. The van der Waals surface area contributed by atoms with E-state index in [1.807, 2.05) is 18.2 Å². The van der Waals surface area contributed by atoms with Crippen molar-refractivity contribution in [1.82, 2.24) is 5.32 Å². The molecule has 0 radical (unpaired) electrons. The molecule has 0 aliphatic heterocycles. The average Bonchev–Trinajstić information content (AvgIpc) is 2.05. The molecule has 0 saturated heterocycles. The number of carbonyl (C=O) groups excluding carboxylic acids is 1. The van der Waals surface area contributed by atoms with Gasteiger partial charge < -0.3 is 5.32 Å². The van der Waals surface area contributed by atoms with Crippen LogP contribution in [-0.4, -0.2) is 21.6 Å². The zero-order valence-corrected chi connectivity index (χ0v) is 8.62. The van der Waals surface area contributed by atoms with Gasteiger partial charge in [-0.1, -0.05) is 35.5 Å². The Balaban J connectivity index is 2.29. The zero-order chi connectivity index (χ0) is 8.81. The lowest BCUT2D eigenvalue weighted by Gasteiger charge is -2.00. The largest absolute Gasteiger partial charge is 0.360 e. The van der Waals surface area contributed by atoms with E-state index >= 15 is 0 Å². The maximum atomic E-state index is 10.5. The van der Waals surface area contributed by atoms with Gasteiger partial charge in [-0.25, -0.2) is 0 Å². The molecule has 0 spiro atoms. The molecule has 1 amide bonds. The smallest absolute Gasteiger partial charge is 0.216 e. The number of hydrogen-bond donors (Lipinski definition) is 1. The van der Waals surface area contributed by atoms with Crippen LogP contribution in [0, 0.1) is 0 Å². The Morgan fingerprint density at radius 3 is 2.67 bits per heavy atom. The molecular weight excluding hydrogens is 166 g/mol. The highest BCUT2D eigenvalue weighted by molar-refractivity contribution is 6.53. The number of benzene rings is 1. The molecule has 0 atom stereocenters. The zero-order valence-electron chi connectivity index (χ0n) is 7.21. The summed E-state index contributed by atoms with van der Waals surface area (Å²) in [5, 5.41) is 4.21. The van der Waals surface area contributed by atoms with Crippen molar-refractivity contribution in [1.29, 1.82) is 0 Å². The summed E-state index contributed by atoms with van der Waals surface area (Å²) in [6, 6.07) is 10.3. The van der Waals surface area contributed by atoms with Crippen LogP contribution in [0.2, 0.25) is 0 Å². The summed E-state index contributed by atoms with van der Waals surface area (Å²) in [7, 11) is -0.286. The van der Waals surface area contributed by atoms with Crippen LogP contribution in [0.25, 0.3) is 0 Å². The SMILES string of the molecule is CC(=O)NC[SiH2]c1ccccc1. The maximum Gasteiger partial charge on any atom is 0.216 e. The van der Waals surface area contributed by atoms with Crippen molar-refractivity contribution >= 4 is 20.6 Å². The molecule has 1 rings (SSSR count). The highest BCUT2D eigenvalue weighted by Crippen LogP contribution is 1.80. The van der Waals surface area contributed by atoms with E-state index in [1.54, 1.807) is 6.92 Å². The molecule has 0 aliphatic rings. The topological polar surface area (TPSA) is 29.1 Å². The lowest BCUT2D eigenvalue weighted by atomic mass is 10.4. The van der Waals surface area contributed by atoms with E-state index in [0.29, 0.717) is 0 Å². The molecule has 12 heavy (non-hydrogen) atoms. The van der Waals surface area contributed by atoms with E-state index in [9.17, 15) is 4.79 Å². The molecule has 2 nitrogen and oxygen atoms in total. The predicted octanol–water partition coefficient (Wildman–Crippen LogP) is -0.426. The van der Waals surface area contributed by atoms with Gasteiger partial charge in [-0.15, -0.1) is 0 Å². The number of hydrogen-bond acceptors (Lipinski definition) is 1. The van der Waals surface area contributed by atoms with Gasteiger partial charge in [0.25, 0.3) is 0 Å². The third-order valence-electron chi connectivity index (χ3n) is 1.63. The van der Waals surface area contributed by atoms with Crippen molar-refractivity contribution < 1.29 is 4.79 Å². The first-order valence-electron chi connectivity index (χ1n) is 4.07. The van der Waals surface area contributed by atoms with Crippen molar-refractivity contribution in [2.45, 2.75) is 6.92 Å². The summed E-state index contributed by atoms with van der Waals surface area (Å²) in [4.78, 5) is 10.5. The van der Waals surface area contributed by atoms with E-state index in [4.69, 9.17) is 0 Å². The van der Waals surface area contributed by atoms with Gasteiger partial charge in [0.1, 0.15) is 0 Å². The Morgan fingerprint density at radius 1 is 1.42 bits per heavy atom. The van der Waals surface area contributed by atoms with E-state index in [1.165, 1.54) is 5.19 Å². The second kappa shape index (κ2) is 4.72. The van der Waals surface area contributed by atoms with Crippen molar-refractivity contribution in [2.24, 2.45) is 0 Å². The maximum absolute atomic E-state index is 10.5. The first kappa shape index (κ1) is 9.00. The Bertz CT molecular complexity index is 248. The molecule has 1 aromatic carbocycles. The molecule has 0 fully saturated rings. The van der Waals surface area contributed by atoms with Crippen LogP contribution in [0.3, 0.4) is 0 Å². The van der Waals surface area contributed by atoms with Crippen LogP contribution >= 0.6 is 0 Å². The number of rotatable bonds is 3. The van der Waals surface area contributed by atoms with E-state index in [2.05, 4.69) is 17.4 Å². The summed E-state index contributed by atoms with van der Waals surface area (Å²) in [6.45, 7) is 1.55. The fraction of sp³-hybridized carbons (Fsp3) is 0.222. The molecule has 1 aromatic rings. The van der Waals surface area contributed by atoms with Crippen molar-refractivity contribution in [2.75, 3.05) is 6.17 Å². The molecule has 1 N–H and O–H groups in total. The second-order valence-corrected chi connectivity index (χ2v) is 4.54. The van der Waals surface area contributed by atoms with Crippen LogP contribution in [-0.2, 0) is 4.79 Å². The fourth-order valence-electron chi connectivity index (χ4n) is 1.03. The normalized spacial score (nSPS) is 10.4. The van der Waals surface area contributed by atoms with Gasteiger partial charge in [-0.2, -0.15) is 0 Å². The van der Waals surface area contributed by atoms with E-state index in [0.717, 1.165) is 6.17 Å². The van der Waals surface area contributed by atoms with Gasteiger partial charge in [0.2, 0.25) is 5.91 Å². The number of carbonyl (C=O) groups is 1. The minimum atomic E-state index is -0.286. The lowest BCUT2D eigenvalue weighted by Crippen LogP contribution is -2.30. The molecule has 3 heteroatoms. The fourth-order valence-corrected chi connectivity index (χ4v) is 2.40. The van der Waals surface area contributed by atoms with Gasteiger partial charge in [-0.3, -0.25) is 4.79 Å². The standard InChI is InChI=1S/C9H13NOSi/c1-8(11)10-7-12-9-5-3-2-4-6-9/h2-6H,7,12H2,1H3,(H,10,11). The van der Waals surface area contributed by atoms with Gasteiger partial charge in [0.15, 0.2) is 0 Å². The summed E-state index contributed by atoms with van der Waals surface area (Å²) >= 11 is 0. The molecule has 0 aromatic heterocycles. The molecule has 0 heterocycles. The predicted molar refractivity (Wildman–Crippen MR) is 53.3 cm³/mol. The minimum absolute atomic E-state index is 0.0680. The van der Waals surface area contributed by atoms with Crippen molar-refractivity contribution in [3.63, 3.8) is 0 Å². The number of nitrogens with one attached hydrogen (secondary N) is 1. The summed E-state index contributed by atoms with van der Waals surface area (Å²) in [5.74, 6) is 0.0680. The average molecular weight is 179 g/mol. The van der Waals surface area contributed by atoms with Crippen molar-refractivity contribution in [3.8, 4) is 0 Å². The van der Waals surface area contributed by atoms with Crippen LogP contribution in [0.15, 0.2) is 30.3 Å². The lowest BCUT2D eigenvalue weighted by molar-refractivity contribution is -0.118. The molecule has 0 bridgehead atoms. The van der Waals surface area contributed by atoms with E-state index < -0.39 is 0 Å². The highest BCUT2D eigenvalue weighted by Gasteiger charge is 1.93. The Kier molecular flexibility index (Phi) is 3.54. The summed E-state index contributed by atoms with van der Waals surface area (Å²) in [5.41, 5.74) is 0. The van der Waals surface area contributed by atoms with Gasteiger partial charge in [0.05, 0.1) is 9.52 Å². The van der Waals surface area contributed by atoms with E-state index in [-0.39, 0.29) is 15.4 Å². The quantitative estimate of drug-likeness (QED) is 0.627. The third kappa shape index (κ3) is 3.34. The van der Waals surface area contributed by atoms with Gasteiger partial charge in [0, 0.05) is 13.1 Å². The number of amides is 1. The molecule has 0 saturated carbocycles. The molecule has 0 unspecified atom stereocenters. The van der Waals surface area contributed by atoms with Crippen LogP contribution in [0.1, 0.15) is 6.92 Å². The molecular formula is C9H13NOSi. The Labute approximate surface area is 74.8 Å². The highest BCUT2D eigenvalue weighted by atomic mass is 28.2.